The van der Waals surface area contributed by atoms with Crippen molar-refractivity contribution in [1.29, 1.82) is 0 Å². The highest BCUT2D eigenvalue weighted by molar-refractivity contribution is 6.42. The van der Waals surface area contributed by atoms with Gasteiger partial charge in [0.05, 0.1) is 10.0 Å². The van der Waals surface area contributed by atoms with Gasteiger partial charge in [0.2, 0.25) is 0 Å². The van der Waals surface area contributed by atoms with Crippen LogP contribution in [-0.2, 0) is 13.0 Å². The van der Waals surface area contributed by atoms with Crippen LogP contribution >= 0.6 is 23.2 Å². The van der Waals surface area contributed by atoms with Crippen LogP contribution in [0.5, 0.6) is 0 Å². The van der Waals surface area contributed by atoms with Crippen molar-refractivity contribution in [3.8, 4) is 0 Å². The van der Waals surface area contributed by atoms with Crippen LogP contribution in [0.1, 0.15) is 11.1 Å². The Kier molecular flexibility index (Phi) is 4.20. The number of fused-ring (bicyclic) bond motifs is 1. The van der Waals surface area contributed by atoms with Crippen molar-refractivity contribution in [3.05, 3.63) is 69.8 Å². The summed E-state index contributed by atoms with van der Waals surface area (Å²) in [7, 11) is 0. The van der Waals surface area contributed by atoms with Gasteiger partial charge in [-0.15, -0.1) is 0 Å². The monoisotopic (exact) mass is 318 g/mol. The van der Waals surface area contributed by atoms with E-state index in [1.807, 2.05) is 12.1 Å². The van der Waals surface area contributed by atoms with Crippen molar-refractivity contribution in [2.75, 3.05) is 6.54 Å². The first-order valence-electron chi connectivity index (χ1n) is 6.90. The molecule has 3 aromatic rings. The fourth-order valence-corrected chi connectivity index (χ4v) is 2.94. The van der Waals surface area contributed by atoms with Gasteiger partial charge in [0.15, 0.2) is 0 Å². The summed E-state index contributed by atoms with van der Waals surface area (Å²) in [5.74, 6) is 0. The molecule has 1 aromatic heterocycles. The number of nitrogens with two attached hydrogens (primary N) is 1. The molecule has 0 saturated carbocycles. The molecule has 108 valence electrons. The summed E-state index contributed by atoms with van der Waals surface area (Å²) in [6, 6.07) is 14.3. The summed E-state index contributed by atoms with van der Waals surface area (Å²) in [6.07, 6.45) is 2.98. The number of nitrogens with zero attached hydrogens (tertiary/aromatic N) is 1. The molecule has 0 spiro atoms. The van der Waals surface area contributed by atoms with E-state index in [4.69, 9.17) is 28.9 Å². The predicted octanol–water partition coefficient (Wildman–Crippen LogP) is 4.50. The highest BCUT2D eigenvalue weighted by Gasteiger charge is 2.07. The predicted molar refractivity (Wildman–Crippen MR) is 90.3 cm³/mol. The molecule has 4 heteroatoms. The highest BCUT2D eigenvalue weighted by atomic mass is 35.5. The lowest BCUT2D eigenvalue weighted by Crippen LogP contribution is -2.02. The van der Waals surface area contributed by atoms with Crippen LogP contribution in [-0.4, -0.2) is 11.1 Å². The van der Waals surface area contributed by atoms with Crippen LogP contribution in [0.15, 0.2) is 48.7 Å². The maximum Gasteiger partial charge on any atom is 0.0642 e. The maximum absolute atomic E-state index is 6.27. The smallest absolute Gasteiger partial charge is 0.0642 e. The molecule has 0 aliphatic rings. The first kappa shape index (κ1) is 14.5. The third-order valence-corrected chi connectivity index (χ3v) is 4.50. The molecule has 2 aromatic carbocycles. The summed E-state index contributed by atoms with van der Waals surface area (Å²) >= 11 is 12.3. The quantitative estimate of drug-likeness (QED) is 0.754. The van der Waals surface area contributed by atoms with Gasteiger partial charge in [-0.1, -0.05) is 41.4 Å². The van der Waals surface area contributed by atoms with Gasteiger partial charge >= 0.3 is 0 Å². The number of halogens is 2. The fraction of sp³-hybridized carbons (Fsp3) is 0.176. The lowest BCUT2D eigenvalue weighted by molar-refractivity contribution is 0.837. The van der Waals surface area contributed by atoms with Crippen LogP contribution in [0, 0.1) is 0 Å². The molecule has 0 unspecified atom stereocenters. The molecule has 0 radical (unpaired) electrons. The number of benzene rings is 2. The van der Waals surface area contributed by atoms with E-state index in [0.29, 0.717) is 23.1 Å². The molecule has 2 nitrogen and oxygen atoms in total. The molecule has 0 aliphatic carbocycles. The molecule has 0 aliphatic heterocycles. The molecule has 2 N–H and O–H groups in total. The summed E-state index contributed by atoms with van der Waals surface area (Å²) in [5.41, 5.74) is 9.09. The van der Waals surface area contributed by atoms with Crippen molar-refractivity contribution in [2.45, 2.75) is 13.0 Å². The third-order valence-electron chi connectivity index (χ3n) is 3.64. The van der Waals surface area contributed by atoms with E-state index in [2.05, 4.69) is 35.0 Å². The van der Waals surface area contributed by atoms with E-state index in [9.17, 15) is 0 Å². The van der Waals surface area contributed by atoms with Gasteiger partial charge in [-0.05, 0) is 53.7 Å². The Hall–Kier alpha value is -1.48. The molecule has 0 fully saturated rings. The maximum atomic E-state index is 6.27. The van der Waals surface area contributed by atoms with Gasteiger partial charge in [0, 0.05) is 18.3 Å². The first-order valence-corrected chi connectivity index (χ1v) is 7.65. The zero-order valence-electron chi connectivity index (χ0n) is 11.5. The zero-order valence-corrected chi connectivity index (χ0v) is 13.0. The second-order valence-electron chi connectivity index (χ2n) is 5.09. The van der Waals surface area contributed by atoms with Crippen molar-refractivity contribution in [1.82, 2.24) is 4.57 Å². The third kappa shape index (κ3) is 2.93. The van der Waals surface area contributed by atoms with Gasteiger partial charge < -0.3 is 10.3 Å². The van der Waals surface area contributed by atoms with Crippen molar-refractivity contribution in [2.24, 2.45) is 5.73 Å². The van der Waals surface area contributed by atoms with E-state index >= 15 is 0 Å². The summed E-state index contributed by atoms with van der Waals surface area (Å²) < 4.78 is 2.18. The number of hydrogen-bond donors (Lipinski definition) is 1. The molecule has 0 atom stereocenters. The van der Waals surface area contributed by atoms with Crippen LogP contribution in [0.4, 0.5) is 0 Å². The van der Waals surface area contributed by atoms with E-state index in [-0.39, 0.29) is 0 Å². The zero-order chi connectivity index (χ0) is 14.8. The molecule has 1 heterocycles. The fourth-order valence-electron chi connectivity index (χ4n) is 2.56. The topological polar surface area (TPSA) is 30.9 Å². The Morgan fingerprint density at radius 2 is 1.90 bits per heavy atom. The molecule has 0 saturated heterocycles. The Labute approximate surface area is 134 Å². The number of hydrogen-bond acceptors (Lipinski definition) is 1. The second-order valence-corrected chi connectivity index (χ2v) is 5.87. The average molecular weight is 319 g/mol. The molecular weight excluding hydrogens is 303 g/mol. The lowest BCUT2D eigenvalue weighted by atomic mass is 10.1. The van der Waals surface area contributed by atoms with Crippen molar-refractivity contribution >= 4 is 34.1 Å². The first-order chi connectivity index (χ1) is 10.2. The summed E-state index contributed by atoms with van der Waals surface area (Å²) in [5, 5.41) is 2.44. The van der Waals surface area contributed by atoms with Crippen LogP contribution in [0.3, 0.4) is 0 Å². The second kappa shape index (κ2) is 6.10. The van der Waals surface area contributed by atoms with Gasteiger partial charge in [-0.25, -0.2) is 0 Å². The summed E-state index contributed by atoms with van der Waals surface area (Å²) in [6.45, 7) is 1.38. The average Bonchev–Trinajstić information content (AvgIpc) is 2.87. The SMILES string of the molecule is NCCc1ccc2c(ccn2Cc2cccc(Cl)c2Cl)c1. The Bertz CT molecular complexity index is 778. The Balaban J connectivity index is 1.96. The normalized spacial score (nSPS) is 11.2. The largest absolute Gasteiger partial charge is 0.343 e. The van der Waals surface area contributed by atoms with Gasteiger partial charge in [-0.2, -0.15) is 0 Å². The Morgan fingerprint density at radius 3 is 2.71 bits per heavy atom. The van der Waals surface area contributed by atoms with Crippen molar-refractivity contribution < 1.29 is 0 Å². The van der Waals surface area contributed by atoms with Crippen LogP contribution in [0.25, 0.3) is 10.9 Å². The van der Waals surface area contributed by atoms with E-state index < -0.39 is 0 Å². The summed E-state index contributed by atoms with van der Waals surface area (Å²) in [4.78, 5) is 0. The van der Waals surface area contributed by atoms with Gasteiger partial charge in [-0.3, -0.25) is 0 Å². The number of rotatable bonds is 4. The molecular formula is C17H16Cl2N2. The van der Waals surface area contributed by atoms with Crippen LogP contribution < -0.4 is 5.73 Å². The Morgan fingerprint density at radius 1 is 1.05 bits per heavy atom. The molecule has 0 amide bonds. The van der Waals surface area contributed by atoms with Crippen LogP contribution in [0.2, 0.25) is 10.0 Å². The lowest BCUT2D eigenvalue weighted by Gasteiger charge is -2.09. The molecule has 21 heavy (non-hydrogen) atoms. The van der Waals surface area contributed by atoms with Gasteiger partial charge in [0.1, 0.15) is 0 Å². The minimum Gasteiger partial charge on any atom is -0.343 e. The minimum absolute atomic E-state index is 0.593. The van der Waals surface area contributed by atoms with E-state index in [1.165, 1.54) is 16.5 Å². The van der Waals surface area contributed by atoms with E-state index in [1.54, 1.807) is 6.07 Å². The minimum atomic E-state index is 0.593. The standard InChI is InChI=1S/C17H16Cl2N2/c18-15-3-1-2-14(17(15)19)11-21-9-7-13-10-12(6-8-20)4-5-16(13)21/h1-5,7,9-10H,6,8,11,20H2. The number of aromatic nitrogens is 1. The van der Waals surface area contributed by atoms with Crippen molar-refractivity contribution in [3.63, 3.8) is 0 Å². The van der Waals surface area contributed by atoms with Gasteiger partial charge in [0.25, 0.3) is 0 Å². The molecule has 0 bridgehead atoms. The molecule has 3 rings (SSSR count). The van der Waals surface area contributed by atoms with E-state index in [0.717, 1.165) is 12.0 Å². The highest BCUT2D eigenvalue weighted by Crippen LogP contribution is 2.27.